The van der Waals surface area contributed by atoms with Crippen LogP contribution < -0.4 is 18.3 Å². The molecule has 4 heterocycles. The van der Waals surface area contributed by atoms with Crippen LogP contribution in [0.4, 0.5) is 0 Å². The van der Waals surface area contributed by atoms with Gasteiger partial charge in [-0.15, -0.1) is 0 Å². The van der Waals surface area contributed by atoms with Crippen molar-refractivity contribution in [3.63, 3.8) is 0 Å². The molecule has 0 fully saturated rings. The molecule has 12 rings (SSSR count). The molecule has 0 aliphatic carbocycles. The normalized spacial score (nSPS) is 11.2. The molecule has 4 nitrogen and oxygen atoms in total. The minimum atomic E-state index is 0.284. The molecule has 0 bridgehead atoms. The molecule has 0 radical (unpaired) electrons. The second-order valence-electron chi connectivity index (χ2n) is 30.9. The molecule has 4 heteroatoms. The van der Waals surface area contributed by atoms with Crippen LogP contribution in [-0.4, -0.2) is 0 Å². The Bertz CT molecular complexity index is 4950. The quantitative estimate of drug-likeness (QED) is 0.108. The van der Waals surface area contributed by atoms with E-state index >= 15 is 0 Å². The van der Waals surface area contributed by atoms with Crippen molar-refractivity contribution in [1.82, 2.24) is 0 Å². The van der Waals surface area contributed by atoms with Crippen molar-refractivity contribution >= 4 is 0 Å². The van der Waals surface area contributed by atoms with Crippen LogP contribution in [0.1, 0.15) is 143 Å². The number of nitrogens with zero attached hydrogens (tertiary/aromatic N) is 4. The van der Waals surface area contributed by atoms with Gasteiger partial charge < -0.3 is 0 Å². The van der Waals surface area contributed by atoms with Gasteiger partial charge in [-0.2, -0.15) is 0 Å². The Kier molecular flexibility index (Phi) is 24.5. The minimum absolute atomic E-state index is 0.284. The van der Waals surface area contributed by atoms with Gasteiger partial charge in [0, 0.05) is 70.8 Å². The molecule has 4 aromatic heterocycles. The summed E-state index contributed by atoms with van der Waals surface area (Å²) in [5, 5.41) is 0. The van der Waals surface area contributed by atoms with E-state index in [0.717, 1.165) is 12.8 Å². The second-order valence-corrected chi connectivity index (χ2v) is 30.9. The summed E-state index contributed by atoms with van der Waals surface area (Å²) in [6.07, 6.45) is 10.9. The molecule has 0 N–H and O–H groups in total. The molecule has 0 atom stereocenters. The van der Waals surface area contributed by atoms with Gasteiger partial charge >= 0.3 is 0 Å². The number of benzene rings is 8. The van der Waals surface area contributed by atoms with Crippen LogP contribution in [0.3, 0.4) is 0 Å². The zero-order valence-electron chi connectivity index (χ0n) is 65.6. The number of hydrogen-bond acceptors (Lipinski definition) is 0. The molecule has 0 aliphatic heterocycles. The van der Waals surface area contributed by atoms with Crippen LogP contribution in [0.5, 0.6) is 0 Å². The van der Waals surface area contributed by atoms with Gasteiger partial charge in [0.2, 0.25) is 22.8 Å². The van der Waals surface area contributed by atoms with Crippen LogP contribution in [0.25, 0.3) is 89.5 Å². The Balaban J connectivity index is 0.000000157. The first-order valence-corrected chi connectivity index (χ1v) is 36.5. The maximum Gasteiger partial charge on any atom is 0.212 e. The van der Waals surface area contributed by atoms with E-state index in [1.165, 1.54) is 179 Å². The predicted molar refractivity (Wildman–Crippen MR) is 431 cm³/mol. The Morgan fingerprint density at radius 3 is 0.861 bits per heavy atom. The molecule has 101 heavy (non-hydrogen) atoms. The van der Waals surface area contributed by atoms with Crippen molar-refractivity contribution in [3.05, 3.63) is 308 Å². The Labute approximate surface area is 608 Å². The second kappa shape index (κ2) is 32.8. The number of hydrogen-bond donors (Lipinski definition) is 0. The Morgan fingerprint density at radius 1 is 0.267 bits per heavy atom. The summed E-state index contributed by atoms with van der Waals surface area (Å²) >= 11 is 0. The Morgan fingerprint density at radius 2 is 0.545 bits per heavy atom. The summed E-state index contributed by atoms with van der Waals surface area (Å²) in [5.41, 5.74) is 42.6. The molecule has 0 saturated carbocycles. The fourth-order valence-electron chi connectivity index (χ4n) is 14.4. The first kappa shape index (κ1) is 75.6. The fraction of sp³-hybridized carbons (Fsp3) is 0.299. The van der Waals surface area contributed by atoms with Gasteiger partial charge in [0.25, 0.3) is 0 Å². The minimum Gasteiger partial charge on any atom is -0.201 e. The maximum atomic E-state index is 2.38. The van der Waals surface area contributed by atoms with Crippen molar-refractivity contribution in [2.75, 3.05) is 0 Å². The van der Waals surface area contributed by atoms with Crippen LogP contribution in [0.2, 0.25) is 0 Å². The lowest BCUT2D eigenvalue weighted by Crippen LogP contribution is -2.31. The summed E-state index contributed by atoms with van der Waals surface area (Å²) in [6.45, 7) is 44.6. The molecule has 8 aromatic carbocycles. The lowest BCUT2D eigenvalue weighted by molar-refractivity contribution is -0.660. The number of rotatable bonds is 12. The highest BCUT2D eigenvalue weighted by atomic mass is 14.9. The number of pyridine rings is 4. The van der Waals surface area contributed by atoms with Gasteiger partial charge in [-0.25, -0.2) is 18.3 Å². The smallest absolute Gasteiger partial charge is 0.201 e. The van der Waals surface area contributed by atoms with Crippen molar-refractivity contribution in [2.45, 2.75) is 157 Å². The average Bonchev–Trinajstić information content (AvgIpc) is 0.803. The molecule has 12 aromatic rings. The van der Waals surface area contributed by atoms with Crippen molar-refractivity contribution in [3.8, 4) is 89.5 Å². The lowest BCUT2D eigenvalue weighted by Gasteiger charge is -2.18. The summed E-state index contributed by atoms with van der Waals surface area (Å²) < 4.78 is 8.91. The third-order valence-electron chi connectivity index (χ3n) is 20.1. The summed E-state index contributed by atoms with van der Waals surface area (Å²) in [7, 11) is 8.53. The third kappa shape index (κ3) is 18.5. The van der Waals surface area contributed by atoms with Crippen molar-refractivity contribution in [1.29, 1.82) is 0 Å². The largest absolute Gasteiger partial charge is 0.212 e. The molecule has 518 valence electrons. The highest BCUT2D eigenvalue weighted by molar-refractivity contribution is 5.81. The first-order valence-electron chi connectivity index (χ1n) is 36.5. The standard InChI is InChI=1S/C26H32N.C25H30N.C24H28N.C22H24N/c1-18-10-8-9-11-22(18)23-16-24(20(3)14-19(23)2)25-15-21(12-13-27(25)7)17-26(4,5)6;1-17(2)13-21-11-12-26(6)25(15-21)24-16-23(19(4)14-20(24)5)22-10-8-7-9-18(22)3;1-16(2)20-11-12-25(6)24(14-20)23-15-22(18(4)13-19(23)5)21-10-8-7-9-17(21)3;1-15-10-11-23(5)22(12-15)21-14-20(17(3)13-18(21)4)19-9-7-6-8-16(19)2/h8-16H,17H2,1-7H3;7-12,14-17H,13H2,1-6H3;7-16H,1-6H3;6-14H,1-5H3/q4*+1. The van der Waals surface area contributed by atoms with E-state index in [9.17, 15) is 0 Å². The van der Waals surface area contributed by atoms with E-state index in [1.807, 2.05) is 0 Å². The van der Waals surface area contributed by atoms with Gasteiger partial charge in [-0.3, -0.25) is 0 Å². The molecule has 0 unspecified atom stereocenters. The Hall–Kier alpha value is -9.64. The van der Waals surface area contributed by atoms with Crippen LogP contribution in [0.15, 0.2) is 219 Å². The number of aryl methyl sites for hydroxylation is 17. The van der Waals surface area contributed by atoms with E-state index in [-0.39, 0.29) is 5.41 Å². The highest BCUT2D eigenvalue weighted by Gasteiger charge is 2.23. The van der Waals surface area contributed by atoms with Crippen LogP contribution in [-0.2, 0) is 41.0 Å². The topological polar surface area (TPSA) is 15.5 Å². The van der Waals surface area contributed by atoms with Gasteiger partial charge in [-0.1, -0.05) is 170 Å². The van der Waals surface area contributed by atoms with Crippen LogP contribution >= 0.6 is 0 Å². The van der Waals surface area contributed by atoms with E-state index in [2.05, 4.69) is 404 Å². The lowest BCUT2D eigenvalue weighted by atomic mass is 9.87. The zero-order chi connectivity index (χ0) is 73.3. The van der Waals surface area contributed by atoms with E-state index in [1.54, 1.807) is 0 Å². The molecule has 0 amide bonds. The number of aromatic nitrogens is 4. The van der Waals surface area contributed by atoms with E-state index < -0.39 is 0 Å². The third-order valence-corrected chi connectivity index (χ3v) is 20.1. The summed E-state index contributed by atoms with van der Waals surface area (Å²) in [4.78, 5) is 0. The predicted octanol–water partition coefficient (Wildman–Crippen LogP) is 23.3. The molecule has 0 saturated heterocycles. The van der Waals surface area contributed by atoms with Crippen molar-refractivity contribution < 1.29 is 18.3 Å². The fourth-order valence-corrected chi connectivity index (χ4v) is 14.4. The highest BCUT2D eigenvalue weighted by Crippen LogP contribution is 2.38. The van der Waals surface area contributed by atoms with E-state index in [0.29, 0.717) is 11.8 Å². The molecular weight excluding hydrogens is 1220 g/mol. The molecule has 0 spiro atoms. The van der Waals surface area contributed by atoms with Gasteiger partial charge in [0.1, 0.15) is 28.2 Å². The average molecular weight is 1340 g/mol. The first-order chi connectivity index (χ1) is 47.9. The van der Waals surface area contributed by atoms with Gasteiger partial charge in [0.15, 0.2) is 24.8 Å². The molecular formula is C97H114N4+4. The van der Waals surface area contributed by atoms with Crippen molar-refractivity contribution in [2.24, 2.45) is 39.5 Å². The SMILES string of the molecule is Cc1cc[n+](C)c(-c2cc(-c3ccccc3C)c(C)cc2C)c1.Cc1ccccc1-c1cc(-c2cc(C(C)C)cc[n+]2C)c(C)cc1C.Cc1ccccc1-c1cc(-c2cc(CC(C)(C)C)cc[n+]2C)c(C)cc1C.Cc1ccccc1-c1cc(-c2cc(CC(C)C)cc[n+]2C)c(C)cc1C. The monoisotopic (exact) mass is 1330 g/mol. The molecule has 0 aliphatic rings. The summed E-state index contributed by atoms with van der Waals surface area (Å²) in [5.74, 6) is 1.19. The zero-order valence-corrected chi connectivity index (χ0v) is 65.6. The van der Waals surface area contributed by atoms with Gasteiger partial charge in [0.05, 0.1) is 0 Å². The van der Waals surface area contributed by atoms with Gasteiger partial charge in [-0.05, 0) is 278 Å². The van der Waals surface area contributed by atoms with E-state index in [4.69, 9.17) is 0 Å². The van der Waals surface area contributed by atoms with Crippen LogP contribution in [0, 0.1) is 101 Å². The summed E-state index contributed by atoms with van der Waals surface area (Å²) in [6, 6.07) is 71.5. The maximum absolute atomic E-state index is 2.38.